The van der Waals surface area contributed by atoms with Gasteiger partial charge in [0.2, 0.25) is 0 Å². The van der Waals surface area contributed by atoms with Crippen LogP contribution in [0.5, 0.6) is 0 Å². The first-order valence-corrected chi connectivity index (χ1v) is 10.1. The molecule has 1 fully saturated rings. The van der Waals surface area contributed by atoms with Gasteiger partial charge >= 0.3 is 0 Å². The van der Waals surface area contributed by atoms with E-state index in [2.05, 4.69) is 25.9 Å². The fourth-order valence-electron chi connectivity index (χ4n) is 4.29. The number of anilines is 2. The van der Waals surface area contributed by atoms with Crippen LogP contribution in [0.1, 0.15) is 29.9 Å². The van der Waals surface area contributed by atoms with Crippen molar-refractivity contribution in [2.75, 3.05) is 36.0 Å². The number of aromatic nitrogens is 4. The number of aryl methyl sites for hydroxylation is 2. The van der Waals surface area contributed by atoms with Gasteiger partial charge in [0.25, 0.3) is 5.78 Å². The average Bonchev–Trinajstić information content (AvgIpc) is 3.05. The van der Waals surface area contributed by atoms with Gasteiger partial charge < -0.3 is 9.80 Å². The van der Waals surface area contributed by atoms with E-state index in [1.165, 1.54) is 35.6 Å². The van der Waals surface area contributed by atoms with Crippen LogP contribution in [-0.2, 0) is 12.8 Å². The van der Waals surface area contributed by atoms with Crippen molar-refractivity contribution in [1.82, 2.24) is 19.6 Å². The molecule has 1 aliphatic heterocycles. The minimum Gasteiger partial charge on any atom is -0.368 e. The molecule has 140 valence electrons. The van der Waals surface area contributed by atoms with E-state index in [1.54, 1.807) is 0 Å². The van der Waals surface area contributed by atoms with Crippen molar-refractivity contribution in [2.24, 2.45) is 0 Å². The summed E-state index contributed by atoms with van der Waals surface area (Å²) in [6, 6.07) is 8.12. The van der Waals surface area contributed by atoms with Gasteiger partial charge in [0.1, 0.15) is 11.6 Å². The molecule has 7 heteroatoms. The lowest BCUT2D eigenvalue weighted by molar-refractivity contribution is 0.614. The molecule has 3 aromatic rings. The van der Waals surface area contributed by atoms with Crippen molar-refractivity contribution in [3.8, 4) is 0 Å². The molecule has 5 rings (SSSR count). The number of rotatable bonds is 2. The van der Waals surface area contributed by atoms with Crippen LogP contribution in [0.4, 0.5) is 11.5 Å². The molecule has 0 N–H and O–H groups in total. The number of nitrogens with zero attached hydrogens (tertiary/aromatic N) is 6. The van der Waals surface area contributed by atoms with Crippen LogP contribution in [0, 0.1) is 6.92 Å². The van der Waals surface area contributed by atoms with Crippen LogP contribution in [0.25, 0.3) is 5.78 Å². The maximum Gasteiger partial charge on any atom is 0.254 e. The fraction of sp³-hybridized carbons (Fsp3) is 0.450. The predicted molar refractivity (Wildman–Crippen MR) is 108 cm³/mol. The van der Waals surface area contributed by atoms with E-state index in [1.807, 2.05) is 29.6 Å². The molecule has 0 saturated carbocycles. The Kier molecular flexibility index (Phi) is 4.16. The second-order valence-electron chi connectivity index (χ2n) is 7.39. The maximum atomic E-state index is 6.17. The van der Waals surface area contributed by atoms with Crippen LogP contribution >= 0.6 is 11.6 Å². The first-order chi connectivity index (χ1) is 13.2. The summed E-state index contributed by atoms with van der Waals surface area (Å²) in [6.45, 7) is 5.78. The van der Waals surface area contributed by atoms with E-state index in [9.17, 15) is 0 Å². The van der Waals surface area contributed by atoms with Crippen molar-refractivity contribution in [3.63, 3.8) is 0 Å². The highest BCUT2D eigenvalue weighted by Crippen LogP contribution is 2.31. The number of hydrogen-bond donors (Lipinski definition) is 0. The molecular formula is C20H23ClN6. The third-order valence-corrected chi connectivity index (χ3v) is 5.83. The molecule has 0 unspecified atom stereocenters. The summed E-state index contributed by atoms with van der Waals surface area (Å²) < 4.78 is 1.97. The van der Waals surface area contributed by atoms with Gasteiger partial charge in [-0.2, -0.15) is 9.50 Å². The topological polar surface area (TPSA) is 49.6 Å². The van der Waals surface area contributed by atoms with Gasteiger partial charge in [-0.05, 0) is 50.8 Å². The largest absolute Gasteiger partial charge is 0.368 e. The second kappa shape index (κ2) is 6.68. The summed E-state index contributed by atoms with van der Waals surface area (Å²) in [5, 5.41) is 5.45. The first kappa shape index (κ1) is 16.8. The summed E-state index contributed by atoms with van der Waals surface area (Å²) in [5.74, 6) is 2.73. The van der Waals surface area contributed by atoms with Crippen LogP contribution in [-0.4, -0.2) is 45.8 Å². The average molecular weight is 383 g/mol. The minimum absolute atomic E-state index is 0.737. The molecule has 1 aliphatic carbocycles. The SMILES string of the molecule is Cc1nc2nc3c(c(N4CCN(c5cccc(Cl)c5)CC4)n2n1)CCCC3. The number of fused-ring (bicyclic) bond motifs is 2. The zero-order valence-electron chi connectivity index (χ0n) is 15.5. The lowest BCUT2D eigenvalue weighted by Gasteiger charge is -2.38. The Labute approximate surface area is 163 Å². The lowest BCUT2D eigenvalue weighted by atomic mass is 9.96. The van der Waals surface area contributed by atoms with Crippen molar-refractivity contribution in [1.29, 1.82) is 0 Å². The molecule has 3 heterocycles. The van der Waals surface area contributed by atoms with E-state index < -0.39 is 0 Å². The van der Waals surface area contributed by atoms with E-state index >= 15 is 0 Å². The predicted octanol–water partition coefficient (Wildman–Crippen LogP) is 3.29. The van der Waals surface area contributed by atoms with Gasteiger partial charge in [-0.15, -0.1) is 5.10 Å². The number of hydrogen-bond acceptors (Lipinski definition) is 5. The molecule has 27 heavy (non-hydrogen) atoms. The Morgan fingerprint density at radius 3 is 2.56 bits per heavy atom. The Balaban J connectivity index is 1.48. The van der Waals surface area contributed by atoms with Gasteiger partial charge in [0.05, 0.1) is 5.69 Å². The minimum atomic E-state index is 0.737. The molecular weight excluding hydrogens is 360 g/mol. The van der Waals surface area contributed by atoms with E-state index in [0.29, 0.717) is 0 Å². The zero-order valence-corrected chi connectivity index (χ0v) is 16.3. The smallest absolute Gasteiger partial charge is 0.254 e. The van der Waals surface area contributed by atoms with Crippen LogP contribution < -0.4 is 9.80 Å². The highest BCUT2D eigenvalue weighted by molar-refractivity contribution is 6.30. The third-order valence-electron chi connectivity index (χ3n) is 5.59. The molecule has 0 spiro atoms. The molecule has 0 amide bonds. The van der Waals surface area contributed by atoms with Crippen molar-refractivity contribution >= 4 is 28.9 Å². The number of piperazine rings is 1. The van der Waals surface area contributed by atoms with Crippen molar-refractivity contribution < 1.29 is 0 Å². The standard InChI is InChI=1S/C20H23ClN6/c1-14-22-20-23-18-8-3-2-7-17(18)19(27(20)24-14)26-11-9-25(10-12-26)16-6-4-5-15(21)13-16/h4-6,13H,2-3,7-12H2,1H3. The summed E-state index contributed by atoms with van der Waals surface area (Å²) >= 11 is 6.17. The van der Waals surface area contributed by atoms with Crippen LogP contribution in [0.15, 0.2) is 24.3 Å². The normalized spacial score (nSPS) is 17.4. The van der Waals surface area contributed by atoms with E-state index in [4.69, 9.17) is 16.6 Å². The second-order valence-corrected chi connectivity index (χ2v) is 7.83. The number of halogens is 1. The van der Waals surface area contributed by atoms with Gasteiger partial charge in [0, 0.05) is 42.5 Å². The Morgan fingerprint density at radius 2 is 1.74 bits per heavy atom. The van der Waals surface area contributed by atoms with Crippen molar-refractivity contribution in [3.05, 3.63) is 46.4 Å². The molecule has 1 saturated heterocycles. The third kappa shape index (κ3) is 3.02. The molecule has 2 aliphatic rings. The molecule has 0 bridgehead atoms. The monoisotopic (exact) mass is 382 g/mol. The molecule has 1 aromatic carbocycles. The Morgan fingerprint density at radius 1 is 0.963 bits per heavy atom. The zero-order chi connectivity index (χ0) is 18.4. The van der Waals surface area contributed by atoms with Gasteiger partial charge in [-0.3, -0.25) is 0 Å². The van der Waals surface area contributed by atoms with Crippen LogP contribution in [0.3, 0.4) is 0 Å². The van der Waals surface area contributed by atoms with Crippen LogP contribution in [0.2, 0.25) is 5.02 Å². The van der Waals surface area contributed by atoms with Crippen molar-refractivity contribution in [2.45, 2.75) is 32.6 Å². The maximum absolute atomic E-state index is 6.17. The molecule has 2 aromatic heterocycles. The summed E-state index contributed by atoms with van der Waals surface area (Å²) in [7, 11) is 0. The van der Waals surface area contributed by atoms with Gasteiger partial charge in [0.15, 0.2) is 0 Å². The van der Waals surface area contributed by atoms with Gasteiger partial charge in [-0.1, -0.05) is 17.7 Å². The quantitative estimate of drug-likeness (QED) is 0.680. The summed E-state index contributed by atoms with van der Waals surface area (Å²) in [6.07, 6.45) is 4.57. The number of benzene rings is 1. The summed E-state index contributed by atoms with van der Waals surface area (Å²) in [5.41, 5.74) is 3.78. The molecule has 0 radical (unpaired) electrons. The molecule has 0 atom stereocenters. The lowest BCUT2D eigenvalue weighted by Crippen LogP contribution is -2.47. The first-order valence-electron chi connectivity index (χ1n) is 9.69. The molecule has 6 nitrogen and oxygen atoms in total. The highest BCUT2D eigenvalue weighted by Gasteiger charge is 2.26. The van der Waals surface area contributed by atoms with Gasteiger partial charge in [-0.25, -0.2) is 4.98 Å². The fourth-order valence-corrected chi connectivity index (χ4v) is 4.48. The van der Waals surface area contributed by atoms with E-state index in [0.717, 1.165) is 55.6 Å². The Hall–Kier alpha value is -2.34. The summed E-state index contributed by atoms with van der Waals surface area (Å²) in [4.78, 5) is 14.2. The Bertz CT molecular complexity index is 990. The highest BCUT2D eigenvalue weighted by atomic mass is 35.5. The van der Waals surface area contributed by atoms with E-state index in [-0.39, 0.29) is 0 Å².